The van der Waals surface area contributed by atoms with Crippen LogP contribution in [-0.2, 0) is 28.6 Å². The first-order chi connectivity index (χ1) is 28.5. The van der Waals surface area contributed by atoms with E-state index in [0.29, 0.717) is 19.3 Å². The molecule has 0 spiro atoms. The van der Waals surface area contributed by atoms with Crippen LogP contribution in [0.25, 0.3) is 0 Å². The van der Waals surface area contributed by atoms with Gasteiger partial charge < -0.3 is 14.2 Å². The number of unbranched alkanes of at least 4 members (excludes halogenated alkanes) is 31. The van der Waals surface area contributed by atoms with Crippen molar-refractivity contribution in [1.29, 1.82) is 0 Å². The lowest BCUT2D eigenvalue weighted by Gasteiger charge is -2.18. The summed E-state index contributed by atoms with van der Waals surface area (Å²) in [7, 11) is 0. The number of hydrogen-bond donors (Lipinski definition) is 0. The molecule has 0 aliphatic heterocycles. The number of ether oxygens (including phenoxy) is 3. The van der Waals surface area contributed by atoms with E-state index in [1.54, 1.807) is 0 Å². The third-order valence-corrected chi connectivity index (χ3v) is 11.2. The Kier molecular flexibility index (Phi) is 45.8. The van der Waals surface area contributed by atoms with Crippen LogP contribution in [0, 0.1) is 0 Å². The van der Waals surface area contributed by atoms with Gasteiger partial charge in [-0.2, -0.15) is 0 Å². The molecule has 0 N–H and O–H groups in total. The quantitative estimate of drug-likeness (QED) is 0.0263. The standard InChI is InChI=1S/C52H96O6/c1-4-7-10-13-16-19-21-23-25-27-28-30-33-36-39-42-45-51(54)57-48-49(47-56-50(53)44-41-38-35-32-18-15-12-9-6-3)58-52(55)46-43-40-37-34-31-29-26-24-22-20-17-14-11-8-5-2/h24-27,49H,4-23,28-48H2,1-3H3/b26-24-,27-25-. The van der Waals surface area contributed by atoms with Gasteiger partial charge in [0.25, 0.3) is 0 Å². The average molecular weight is 817 g/mol. The van der Waals surface area contributed by atoms with E-state index in [-0.39, 0.29) is 31.1 Å². The number of carbonyl (C=O) groups excluding carboxylic acids is 3. The molecule has 0 aromatic carbocycles. The van der Waals surface area contributed by atoms with Crippen LogP contribution in [-0.4, -0.2) is 37.2 Å². The van der Waals surface area contributed by atoms with E-state index in [1.165, 1.54) is 161 Å². The van der Waals surface area contributed by atoms with Crippen molar-refractivity contribution >= 4 is 17.9 Å². The van der Waals surface area contributed by atoms with Crippen LogP contribution < -0.4 is 0 Å². The number of esters is 3. The van der Waals surface area contributed by atoms with Crippen LogP contribution >= 0.6 is 0 Å². The summed E-state index contributed by atoms with van der Waals surface area (Å²) in [6, 6.07) is 0. The van der Waals surface area contributed by atoms with E-state index >= 15 is 0 Å². The predicted molar refractivity (Wildman–Crippen MR) is 247 cm³/mol. The highest BCUT2D eigenvalue weighted by molar-refractivity contribution is 5.71. The fraction of sp³-hybridized carbons (Fsp3) is 0.865. The van der Waals surface area contributed by atoms with Gasteiger partial charge >= 0.3 is 17.9 Å². The minimum atomic E-state index is -0.773. The van der Waals surface area contributed by atoms with Crippen molar-refractivity contribution in [3.63, 3.8) is 0 Å². The molecule has 6 nitrogen and oxygen atoms in total. The van der Waals surface area contributed by atoms with Crippen LogP contribution in [0.4, 0.5) is 0 Å². The largest absolute Gasteiger partial charge is 0.462 e. The molecule has 58 heavy (non-hydrogen) atoms. The third-order valence-electron chi connectivity index (χ3n) is 11.2. The molecule has 0 saturated carbocycles. The summed E-state index contributed by atoms with van der Waals surface area (Å²) >= 11 is 0. The Morgan fingerprint density at radius 3 is 0.862 bits per heavy atom. The van der Waals surface area contributed by atoms with Crippen LogP contribution in [0.15, 0.2) is 24.3 Å². The Bertz CT molecular complexity index is 942. The van der Waals surface area contributed by atoms with Gasteiger partial charge in [-0.25, -0.2) is 0 Å². The smallest absolute Gasteiger partial charge is 0.306 e. The molecular formula is C52H96O6. The molecule has 0 rings (SSSR count). The van der Waals surface area contributed by atoms with Crippen molar-refractivity contribution in [3.05, 3.63) is 24.3 Å². The van der Waals surface area contributed by atoms with E-state index in [2.05, 4.69) is 45.1 Å². The summed E-state index contributed by atoms with van der Waals surface area (Å²) in [4.78, 5) is 37.8. The van der Waals surface area contributed by atoms with Crippen molar-refractivity contribution in [3.8, 4) is 0 Å². The van der Waals surface area contributed by atoms with Crippen molar-refractivity contribution in [2.75, 3.05) is 13.2 Å². The maximum absolute atomic E-state index is 12.8. The highest BCUT2D eigenvalue weighted by Gasteiger charge is 2.19. The van der Waals surface area contributed by atoms with Gasteiger partial charge in [0.1, 0.15) is 13.2 Å². The van der Waals surface area contributed by atoms with Gasteiger partial charge in [0, 0.05) is 19.3 Å². The van der Waals surface area contributed by atoms with E-state index < -0.39 is 6.10 Å². The second-order valence-corrected chi connectivity index (χ2v) is 17.1. The van der Waals surface area contributed by atoms with Crippen molar-refractivity contribution in [2.45, 2.75) is 277 Å². The maximum Gasteiger partial charge on any atom is 0.306 e. The molecule has 340 valence electrons. The number of rotatable bonds is 46. The van der Waals surface area contributed by atoms with Crippen molar-refractivity contribution < 1.29 is 28.6 Å². The number of carbonyl (C=O) groups is 3. The summed E-state index contributed by atoms with van der Waals surface area (Å²) in [6.07, 6.45) is 53.0. The van der Waals surface area contributed by atoms with Gasteiger partial charge in [-0.3, -0.25) is 14.4 Å². The fourth-order valence-electron chi connectivity index (χ4n) is 7.31. The zero-order valence-electron chi connectivity index (χ0n) is 38.8. The van der Waals surface area contributed by atoms with E-state index in [0.717, 1.165) is 70.6 Å². The third kappa shape index (κ3) is 45.0. The van der Waals surface area contributed by atoms with Crippen LogP contribution in [0.5, 0.6) is 0 Å². The molecule has 0 bridgehead atoms. The summed E-state index contributed by atoms with van der Waals surface area (Å²) < 4.78 is 16.7. The van der Waals surface area contributed by atoms with E-state index in [9.17, 15) is 14.4 Å². The zero-order chi connectivity index (χ0) is 42.3. The van der Waals surface area contributed by atoms with Crippen molar-refractivity contribution in [2.24, 2.45) is 0 Å². The topological polar surface area (TPSA) is 78.9 Å². The molecule has 0 aliphatic carbocycles. The Morgan fingerprint density at radius 1 is 0.328 bits per heavy atom. The van der Waals surface area contributed by atoms with E-state index in [4.69, 9.17) is 14.2 Å². The number of hydrogen-bond acceptors (Lipinski definition) is 6. The monoisotopic (exact) mass is 817 g/mol. The highest BCUT2D eigenvalue weighted by Crippen LogP contribution is 2.15. The molecule has 6 heteroatoms. The maximum atomic E-state index is 12.8. The molecule has 1 unspecified atom stereocenters. The summed E-state index contributed by atoms with van der Waals surface area (Å²) in [6.45, 7) is 6.61. The summed E-state index contributed by atoms with van der Waals surface area (Å²) in [5, 5.41) is 0. The van der Waals surface area contributed by atoms with Gasteiger partial charge in [-0.1, -0.05) is 206 Å². The molecule has 0 radical (unpaired) electrons. The first-order valence-corrected chi connectivity index (χ1v) is 25.3. The number of allylic oxidation sites excluding steroid dienone is 4. The lowest BCUT2D eigenvalue weighted by Crippen LogP contribution is -2.30. The highest BCUT2D eigenvalue weighted by atomic mass is 16.6. The average Bonchev–Trinajstić information content (AvgIpc) is 3.22. The van der Waals surface area contributed by atoms with Crippen LogP contribution in [0.1, 0.15) is 271 Å². The normalized spacial score (nSPS) is 12.1. The SMILES string of the molecule is CCCCCCCC/C=C\CCCCCCCC(=O)OC(COC(=O)CCCCCCC/C=C\CCCCCCCCC)COC(=O)CCCCCCCCCCC. The zero-order valence-corrected chi connectivity index (χ0v) is 38.8. The van der Waals surface area contributed by atoms with E-state index in [1.807, 2.05) is 0 Å². The Morgan fingerprint density at radius 2 is 0.569 bits per heavy atom. The van der Waals surface area contributed by atoms with Gasteiger partial charge in [0.15, 0.2) is 6.10 Å². The Balaban J connectivity index is 4.33. The minimum Gasteiger partial charge on any atom is -0.462 e. The molecule has 0 aromatic heterocycles. The molecule has 1 atom stereocenters. The Labute approximate surface area is 360 Å². The van der Waals surface area contributed by atoms with Gasteiger partial charge in [-0.05, 0) is 70.6 Å². The Hall–Kier alpha value is -2.11. The van der Waals surface area contributed by atoms with Crippen LogP contribution in [0.2, 0.25) is 0 Å². The molecule has 0 amide bonds. The van der Waals surface area contributed by atoms with Crippen LogP contribution in [0.3, 0.4) is 0 Å². The van der Waals surface area contributed by atoms with Gasteiger partial charge in [-0.15, -0.1) is 0 Å². The van der Waals surface area contributed by atoms with Crippen molar-refractivity contribution in [1.82, 2.24) is 0 Å². The molecule has 0 fully saturated rings. The predicted octanol–water partition coefficient (Wildman–Crippen LogP) is 16.4. The van der Waals surface area contributed by atoms with Gasteiger partial charge in [0.2, 0.25) is 0 Å². The van der Waals surface area contributed by atoms with Gasteiger partial charge in [0.05, 0.1) is 0 Å². The molecule has 0 heterocycles. The first kappa shape index (κ1) is 55.9. The lowest BCUT2D eigenvalue weighted by atomic mass is 10.1. The molecule has 0 saturated heterocycles. The molecular weight excluding hydrogens is 721 g/mol. The first-order valence-electron chi connectivity index (χ1n) is 25.3. The summed E-state index contributed by atoms with van der Waals surface area (Å²) in [5.41, 5.74) is 0. The molecule has 0 aromatic rings. The second-order valence-electron chi connectivity index (χ2n) is 17.1. The lowest BCUT2D eigenvalue weighted by molar-refractivity contribution is -0.167. The summed E-state index contributed by atoms with van der Waals surface area (Å²) in [5.74, 6) is -0.884. The fourth-order valence-corrected chi connectivity index (χ4v) is 7.31. The molecule has 0 aliphatic rings. The second kappa shape index (κ2) is 47.6. The minimum absolute atomic E-state index is 0.0743.